The van der Waals surface area contributed by atoms with Crippen LogP contribution >= 0.6 is 15.9 Å². The van der Waals surface area contributed by atoms with Gasteiger partial charge in [0.2, 0.25) is 5.95 Å². The fraction of sp³-hybridized carbons (Fsp3) is 0.0909. The van der Waals surface area contributed by atoms with E-state index in [1.165, 1.54) is 0 Å². The first kappa shape index (κ1) is 14.2. The van der Waals surface area contributed by atoms with E-state index in [1.807, 2.05) is 19.1 Å². The average Bonchev–Trinajstić information content (AvgIpc) is 2.41. The second-order valence-corrected chi connectivity index (χ2v) is 4.68. The summed E-state index contributed by atoms with van der Waals surface area (Å²) in [6.45, 7) is 1.91. The zero-order valence-electron chi connectivity index (χ0n) is 10.3. The van der Waals surface area contributed by atoms with Crippen molar-refractivity contribution in [3.8, 4) is 11.6 Å². The lowest BCUT2D eigenvalue weighted by atomic mass is 10.2. The number of hydrazine groups is 1. The topological polar surface area (TPSA) is 116 Å². The first-order valence-electron chi connectivity index (χ1n) is 5.43. The van der Waals surface area contributed by atoms with Gasteiger partial charge in [-0.1, -0.05) is 6.07 Å². The van der Waals surface area contributed by atoms with Crippen molar-refractivity contribution in [1.82, 2.24) is 9.97 Å². The van der Waals surface area contributed by atoms with Crippen molar-refractivity contribution >= 4 is 27.6 Å². The number of halogens is 1. The first-order valence-corrected chi connectivity index (χ1v) is 6.22. The number of nitrogens with two attached hydrogens (primary N) is 1. The van der Waals surface area contributed by atoms with Gasteiger partial charge in [0, 0.05) is 0 Å². The lowest BCUT2D eigenvalue weighted by molar-refractivity contribution is -0.386. The van der Waals surface area contributed by atoms with Crippen LogP contribution in [0.1, 0.15) is 5.56 Å². The van der Waals surface area contributed by atoms with Crippen LogP contribution in [0.25, 0.3) is 0 Å². The highest BCUT2D eigenvalue weighted by Crippen LogP contribution is 2.34. The van der Waals surface area contributed by atoms with Crippen LogP contribution in [0.2, 0.25) is 0 Å². The number of nitrogens with one attached hydrogen (secondary N) is 1. The van der Waals surface area contributed by atoms with Crippen molar-refractivity contribution in [2.24, 2.45) is 5.84 Å². The van der Waals surface area contributed by atoms with Crippen LogP contribution in [0.15, 0.2) is 28.9 Å². The molecule has 0 aliphatic carbocycles. The van der Waals surface area contributed by atoms with Gasteiger partial charge in [0.1, 0.15) is 11.9 Å². The summed E-state index contributed by atoms with van der Waals surface area (Å²) < 4.78 is 6.12. The van der Waals surface area contributed by atoms with Gasteiger partial charge < -0.3 is 4.74 Å². The molecule has 0 amide bonds. The first-order chi connectivity index (χ1) is 9.51. The number of hydrogen-bond acceptors (Lipinski definition) is 7. The van der Waals surface area contributed by atoms with Crippen LogP contribution in [0.4, 0.5) is 11.6 Å². The smallest absolute Gasteiger partial charge is 0.349 e. The SMILES string of the molecule is Cc1ccc(Oc2nc(NN)ncc2[N+](=O)[O-])c(Br)c1. The summed E-state index contributed by atoms with van der Waals surface area (Å²) in [7, 11) is 0. The molecule has 0 fully saturated rings. The Morgan fingerprint density at radius 1 is 1.50 bits per heavy atom. The molecule has 1 aromatic heterocycles. The van der Waals surface area contributed by atoms with Gasteiger partial charge >= 0.3 is 11.6 Å². The highest BCUT2D eigenvalue weighted by molar-refractivity contribution is 9.10. The number of ether oxygens (including phenoxy) is 1. The average molecular weight is 340 g/mol. The maximum atomic E-state index is 10.9. The summed E-state index contributed by atoms with van der Waals surface area (Å²) in [6, 6.07) is 5.32. The third-order valence-corrected chi connectivity index (χ3v) is 2.98. The number of benzene rings is 1. The Hall–Kier alpha value is -2.26. The summed E-state index contributed by atoms with van der Waals surface area (Å²) in [5.74, 6) is 5.41. The standard InChI is InChI=1S/C11H10BrN5O3/c1-6-2-3-9(7(12)4-6)20-10-8(17(18)19)5-14-11(15-10)16-13/h2-5H,13H2,1H3,(H,14,15,16). The zero-order valence-corrected chi connectivity index (χ0v) is 11.9. The molecule has 0 aliphatic rings. The van der Waals surface area contributed by atoms with E-state index in [2.05, 4.69) is 31.3 Å². The Bertz CT molecular complexity index is 665. The summed E-state index contributed by atoms with van der Waals surface area (Å²) in [5.41, 5.74) is 2.88. The molecule has 3 N–H and O–H groups in total. The minimum atomic E-state index is -0.627. The van der Waals surface area contributed by atoms with Crippen molar-refractivity contribution in [3.63, 3.8) is 0 Å². The van der Waals surface area contributed by atoms with Crippen LogP contribution < -0.4 is 16.0 Å². The van der Waals surface area contributed by atoms with Gasteiger partial charge in [-0.2, -0.15) is 4.98 Å². The second-order valence-electron chi connectivity index (χ2n) is 3.82. The predicted octanol–water partition coefficient (Wildman–Crippen LogP) is 2.53. The van der Waals surface area contributed by atoms with Crippen molar-refractivity contribution in [2.45, 2.75) is 6.92 Å². The fourth-order valence-electron chi connectivity index (χ4n) is 1.42. The van der Waals surface area contributed by atoms with Crippen LogP contribution in [0.3, 0.4) is 0 Å². The Labute approximate surface area is 122 Å². The van der Waals surface area contributed by atoms with Gasteiger partial charge in [-0.3, -0.25) is 15.5 Å². The molecule has 2 rings (SSSR count). The van der Waals surface area contributed by atoms with E-state index in [-0.39, 0.29) is 17.5 Å². The van der Waals surface area contributed by atoms with E-state index >= 15 is 0 Å². The quantitative estimate of drug-likeness (QED) is 0.499. The van der Waals surface area contributed by atoms with Gasteiger partial charge in [0.15, 0.2) is 0 Å². The predicted molar refractivity (Wildman–Crippen MR) is 75.4 cm³/mol. The molecule has 0 spiro atoms. The van der Waals surface area contributed by atoms with E-state index in [4.69, 9.17) is 10.6 Å². The molecule has 0 bridgehead atoms. The minimum absolute atomic E-state index is 0.0221. The number of aryl methyl sites for hydroxylation is 1. The van der Waals surface area contributed by atoms with Gasteiger partial charge in [-0.25, -0.2) is 10.8 Å². The molecular formula is C11H10BrN5O3. The molecule has 0 saturated heterocycles. The Morgan fingerprint density at radius 2 is 2.25 bits per heavy atom. The minimum Gasteiger partial charge on any atom is -0.432 e. The van der Waals surface area contributed by atoms with E-state index in [0.29, 0.717) is 10.2 Å². The van der Waals surface area contributed by atoms with E-state index in [1.54, 1.807) is 6.07 Å². The molecule has 1 aromatic carbocycles. The van der Waals surface area contributed by atoms with E-state index in [0.717, 1.165) is 11.8 Å². The van der Waals surface area contributed by atoms with Crippen LogP contribution in [-0.2, 0) is 0 Å². The Balaban J connectivity index is 2.43. The highest BCUT2D eigenvalue weighted by Gasteiger charge is 2.20. The molecule has 0 aliphatic heterocycles. The molecule has 2 aromatic rings. The number of nitrogens with zero attached hydrogens (tertiary/aromatic N) is 3. The number of nitrogen functional groups attached to an aromatic ring is 1. The van der Waals surface area contributed by atoms with E-state index < -0.39 is 4.92 Å². The molecule has 20 heavy (non-hydrogen) atoms. The second kappa shape index (κ2) is 5.80. The summed E-state index contributed by atoms with van der Waals surface area (Å²) in [4.78, 5) is 17.8. The molecule has 9 heteroatoms. The third kappa shape index (κ3) is 3.00. The lowest BCUT2D eigenvalue weighted by Gasteiger charge is -2.08. The van der Waals surface area contributed by atoms with Gasteiger partial charge in [-0.05, 0) is 40.5 Å². The maximum Gasteiger partial charge on any atom is 0.349 e. The highest BCUT2D eigenvalue weighted by atomic mass is 79.9. The van der Waals surface area contributed by atoms with Crippen LogP contribution in [0, 0.1) is 17.0 Å². The molecule has 104 valence electrons. The normalized spacial score (nSPS) is 10.2. The third-order valence-electron chi connectivity index (χ3n) is 2.36. The van der Waals surface area contributed by atoms with Crippen LogP contribution in [0.5, 0.6) is 11.6 Å². The van der Waals surface area contributed by atoms with Crippen molar-refractivity contribution < 1.29 is 9.66 Å². The van der Waals surface area contributed by atoms with Gasteiger partial charge in [0.05, 0.1) is 9.40 Å². The lowest BCUT2D eigenvalue weighted by Crippen LogP contribution is -2.11. The summed E-state index contributed by atoms with van der Waals surface area (Å²) >= 11 is 3.32. The molecular weight excluding hydrogens is 330 g/mol. The van der Waals surface area contributed by atoms with Crippen molar-refractivity contribution in [3.05, 3.63) is 44.5 Å². The molecule has 1 heterocycles. The number of rotatable bonds is 4. The Kier molecular flexibility index (Phi) is 4.11. The number of nitro groups is 1. The molecule has 8 nitrogen and oxygen atoms in total. The van der Waals surface area contributed by atoms with E-state index in [9.17, 15) is 10.1 Å². The molecule has 0 unspecified atom stereocenters. The zero-order chi connectivity index (χ0) is 14.7. The largest absolute Gasteiger partial charge is 0.432 e. The summed E-state index contributed by atoms with van der Waals surface area (Å²) in [6.07, 6.45) is 1.03. The number of aromatic nitrogens is 2. The molecule has 0 radical (unpaired) electrons. The number of anilines is 1. The van der Waals surface area contributed by atoms with Crippen molar-refractivity contribution in [2.75, 3.05) is 5.43 Å². The van der Waals surface area contributed by atoms with Gasteiger partial charge in [0.25, 0.3) is 0 Å². The molecule has 0 atom stereocenters. The monoisotopic (exact) mass is 339 g/mol. The number of hydrogen-bond donors (Lipinski definition) is 2. The summed E-state index contributed by atoms with van der Waals surface area (Å²) in [5, 5.41) is 10.9. The fourth-order valence-corrected chi connectivity index (χ4v) is 2.00. The van der Waals surface area contributed by atoms with Gasteiger partial charge in [-0.15, -0.1) is 0 Å². The van der Waals surface area contributed by atoms with Crippen LogP contribution in [-0.4, -0.2) is 14.9 Å². The Morgan fingerprint density at radius 3 is 2.85 bits per heavy atom. The maximum absolute atomic E-state index is 10.9. The molecule has 0 saturated carbocycles. The van der Waals surface area contributed by atoms with Crippen molar-refractivity contribution in [1.29, 1.82) is 0 Å².